The van der Waals surface area contributed by atoms with E-state index in [-0.39, 0.29) is 12.2 Å². The van der Waals surface area contributed by atoms with Crippen molar-refractivity contribution < 1.29 is 8.85 Å². The zero-order valence-corrected chi connectivity index (χ0v) is 12.3. The Morgan fingerprint density at radius 3 is 1.82 bits per heavy atom. The lowest BCUT2D eigenvalue weighted by Crippen LogP contribution is -2.40. The Kier molecular flexibility index (Phi) is 5.84. The van der Waals surface area contributed by atoms with Gasteiger partial charge in [-0.3, -0.25) is 0 Å². The van der Waals surface area contributed by atoms with Crippen molar-refractivity contribution in [2.24, 2.45) is 5.73 Å². The summed E-state index contributed by atoms with van der Waals surface area (Å²) in [6, 6.07) is 8.24. The zero-order chi connectivity index (χ0) is 12.8. The van der Waals surface area contributed by atoms with Crippen LogP contribution in [0.1, 0.15) is 33.3 Å². The van der Waals surface area contributed by atoms with Gasteiger partial charge in [-0.1, -0.05) is 24.3 Å². The molecule has 0 amide bonds. The van der Waals surface area contributed by atoms with E-state index < -0.39 is 9.28 Å². The minimum atomic E-state index is -1.78. The number of nitrogens with two attached hydrogens (primary N) is 1. The molecule has 0 radical (unpaired) electrons. The largest absolute Gasteiger partial charge is 0.391 e. The van der Waals surface area contributed by atoms with Crippen LogP contribution < -0.4 is 10.9 Å². The Morgan fingerprint density at radius 1 is 1.00 bits per heavy atom. The van der Waals surface area contributed by atoms with Crippen LogP contribution in [0.2, 0.25) is 0 Å². The first-order valence-electron chi connectivity index (χ1n) is 6.12. The lowest BCUT2D eigenvalue weighted by atomic mass is 10.2. The normalized spacial score (nSPS) is 11.8. The maximum atomic E-state index is 5.91. The van der Waals surface area contributed by atoms with Gasteiger partial charge in [0.25, 0.3) is 0 Å². The molecule has 0 aliphatic heterocycles. The van der Waals surface area contributed by atoms with Crippen LogP contribution in [0.25, 0.3) is 0 Å². The zero-order valence-electron chi connectivity index (χ0n) is 11.1. The molecule has 2 N–H and O–H groups in total. The van der Waals surface area contributed by atoms with Crippen LogP contribution in [-0.4, -0.2) is 21.5 Å². The summed E-state index contributed by atoms with van der Waals surface area (Å²) < 4.78 is 11.8. The van der Waals surface area contributed by atoms with Gasteiger partial charge in [0.05, 0.1) is 0 Å². The molecule has 0 atom stereocenters. The lowest BCUT2D eigenvalue weighted by Gasteiger charge is -2.21. The quantitative estimate of drug-likeness (QED) is 0.780. The van der Waals surface area contributed by atoms with E-state index in [1.165, 1.54) is 5.19 Å². The molecule has 0 aliphatic rings. The van der Waals surface area contributed by atoms with Crippen molar-refractivity contribution in [1.29, 1.82) is 0 Å². The van der Waals surface area contributed by atoms with E-state index >= 15 is 0 Å². The van der Waals surface area contributed by atoms with Crippen LogP contribution >= 0.6 is 0 Å². The van der Waals surface area contributed by atoms with E-state index in [4.69, 9.17) is 14.6 Å². The van der Waals surface area contributed by atoms with Gasteiger partial charge in [-0.05, 0) is 38.4 Å². The molecule has 0 aromatic heterocycles. The Balaban J connectivity index is 2.79. The Labute approximate surface area is 106 Å². The lowest BCUT2D eigenvalue weighted by molar-refractivity contribution is 0.139. The van der Waals surface area contributed by atoms with Crippen molar-refractivity contribution in [3.05, 3.63) is 29.8 Å². The van der Waals surface area contributed by atoms with Gasteiger partial charge in [0.1, 0.15) is 0 Å². The summed E-state index contributed by atoms with van der Waals surface area (Å²) in [6.45, 7) is 8.73. The molecule has 0 saturated heterocycles. The second-order valence-electron chi connectivity index (χ2n) is 4.65. The number of benzene rings is 1. The molecule has 0 aliphatic carbocycles. The summed E-state index contributed by atoms with van der Waals surface area (Å²) in [5.74, 6) is 0. The highest BCUT2D eigenvalue weighted by Gasteiger charge is 2.19. The highest BCUT2D eigenvalue weighted by Crippen LogP contribution is 2.03. The van der Waals surface area contributed by atoms with Crippen LogP contribution in [0.5, 0.6) is 0 Å². The van der Waals surface area contributed by atoms with Gasteiger partial charge in [-0.2, -0.15) is 0 Å². The van der Waals surface area contributed by atoms with Crippen LogP contribution in [0.4, 0.5) is 0 Å². The molecule has 0 saturated carbocycles. The summed E-state index contributed by atoms with van der Waals surface area (Å²) in [4.78, 5) is 0. The van der Waals surface area contributed by atoms with Gasteiger partial charge >= 0.3 is 9.28 Å². The summed E-state index contributed by atoms with van der Waals surface area (Å²) in [7, 11) is -1.78. The molecule has 0 fully saturated rings. The molecule has 0 unspecified atom stereocenters. The summed E-state index contributed by atoms with van der Waals surface area (Å²) in [5, 5.41) is 1.17. The maximum absolute atomic E-state index is 5.91. The van der Waals surface area contributed by atoms with E-state index in [9.17, 15) is 0 Å². The van der Waals surface area contributed by atoms with Gasteiger partial charge in [-0.15, -0.1) is 0 Å². The number of hydrogen-bond donors (Lipinski definition) is 1. The molecule has 4 heteroatoms. The molecular formula is C13H23NO2Si. The summed E-state index contributed by atoms with van der Waals surface area (Å²) in [5.41, 5.74) is 6.72. The van der Waals surface area contributed by atoms with E-state index in [1.807, 2.05) is 39.8 Å². The van der Waals surface area contributed by atoms with Gasteiger partial charge < -0.3 is 14.6 Å². The molecule has 1 aromatic rings. The second kappa shape index (κ2) is 6.91. The highest BCUT2D eigenvalue weighted by molar-refractivity contribution is 6.61. The van der Waals surface area contributed by atoms with Crippen molar-refractivity contribution in [2.75, 3.05) is 0 Å². The molecule has 17 heavy (non-hydrogen) atoms. The van der Waals surface area contributed by atoms with Gasteiger partial charge in [0.2, 0.25) is 0 Å². The predicted molar refractivity (Wildman–Crippen MR) is 73.6 cm³/mol. The fourth-order valence-corrected chi connectivity index (χ4v) is 3.37. The molecule has 0 bridgehead atoms. The first-order chi connectivity index (χ1) is 8.02. The maximum Gasteiger partial charge on any atom is 0.356 e. The highest BCUT2D eigenvalue weighted by atomic mass is 28.3. The minimum Gasteiger partial charge on any atom is -0.391 e. The average molecular weight is 253 g/mol. The Hall–Kier alpha value is -0.683. The third-order valence-corrected chi connectivity index (χ3v) is 4.79. The predicted octanol–water partition coefficient (Wildman–Crippen LogP) is 1.42. The summed E-state index contributed by atoms with van der Waals surface area (Å²) >= 11 is 0. The molecule has 1 rings (SSSR count). The number of rotatable bonds is 6. The molecule has 0 spiro atoms. The van der Waals surface area contributed by atoms with Crippen molar-refractivity contribution >= 4 is 14.5 Å². The Morgan fingerprint density at radius 2 is 1.47 bits per heavy atom. The number of hydrogen-bond acceptors (Lipinski definition) is 3. The standard InChI is InChI=1S/C13H23NO2Si/c1-10(2)15-17(16-11(3)4)13-7-5-12(9-14)6-8-13/h5-8,10-11,17H,9,14H2,1-4H3. The van der Waals surface area contributed by atoms with Crippen molar-refractivity contribution in [3.8, 4) is 0 Å². The van der Waals surface area contributed by atoms with Crippen LogP contribution in [0, 0.1) is 0 Å². The summed E-state index contributed by atoms with van der Waals surface area (Å²) in [6.07, 6.45) is 0.388. The van der Waals surface area contributed by atoms with E-state index in [0.717, 1.165) is 5.56 Å². The van der Waals surface area contributed by atoms with E-state index in [0.29, 0.717) is 6.54 Å². The SMILES string of the molecule is CC(C)O[SiH](OC(C)C)c1ccc(CN)cc1. The van der Waals surface area contributed by atoms with Gasteiger partial charge in [0.15, 0.2) is 0 Å². The first kappa shape index (κ1) is 14.4. The van der Waals surface area contributed by atoms with E-state index in [1.54, 1.807) is 0 Å². The van der Waals surface area contributed by atoms with Crippen LogP contribution in [0.3, 0.4) is 0 Å². The van der Waals surface area contributed by atoms with E-state index in [2.05, 4.69) is 12.1 Å². The van der Waals surface area contributed by atoms with Crippen molar-refractivity contribution in [2.45, 2.75) is 46.4 Å². The van der Waals surface area contributed by atoms with Crippen molar-refractivity contribution in [1.82, 2.24) is 0 Å². The average Bonchev–Trinajstić information content (AvgIpc) is 2.27. The molecular weight excluding hydrogens is 230 g/mol. The monoisotopic (exact) mass is 253 g/mol. The van der Waals surface area contributed by atoms with Crippen molar-refractivity contribution in [3.63, 3.8) is 0 Å². The molecule has 1 aromatic carbocycles. The third kappa shape index (κ3) is 5.00. The first-order valence-corrected chi connectivity index (χ1v) is 7.64. The van der Waals surface area contributed by atoms with Crippen LogP contribution in [-0.2, 0) is 15.4 Å². The van der Waals surface area contributed by atoms with Crippen LogP contribution in [0.15, 0.2) is 24.3 Å². The third-order valence-electron chi connectivity index (χ3n) is 2.28. The fraction of sp³-hybridized carbons (Fsp3) is 0.538. The fourth-order valence-electron chi connectivity index (χ4n) is 1.49. The minimum absolute atomic E-state index is 0.194. The second-order valence-corrected chi connectivity index (χ2v) is 6.52. The van der Waals surface area contributed by atoms with Gasteiger partial charge in [-0.25, -0.2) is 0 Å². The molecule has 96 valence electrons. The topological polar surface area (TPSA) is 44.5 Å². The molecule has 0 heterocycles. The molecule has 3 nitrogen and oxygen atoms in total. The Bertz CT molecular complexity index is 315. The smallest absolute Gasteiger partial charge is 0.356 e. The van der Waals surface area contributed by atoms with Gasteiger partial charge in [0, 0.05) is 18.8 Å².